The second kappa shape index (κ2) is 5.84. The van der Waals surface area contributed by atoms with Crippen molar-refractivity contribution in [3.05, 3.63) is 56.1 Å². The fourth-order valence-corrected chi connectivity index (χ4v) is 2.22. The van der Waals surface area contributed by atoms with Crippen molar-refractivity contribution >= 4 is 43.6 Å². The number of benzene rings is 1. The molecule has 2 rings (SSSR count). The average Bonchev–Trinajstić information content (AvgIpc) is 2.36. The summed E-state index contributed by atoms with van der Waals surface area (Å²) in [6.45, 7) is 3.78. The van der Waals surface area contributed by atoms with Crippen LogP contribution in [0.1, 0.15) is 21.6 Å². The molecule has 0 fully saturated rings. The van der Waals surface area contributed by atoms with Crippen LogP contribution in [0.15, 0.2) is 39.3 Å². The molecule has 0 aliphatic carbocycles. The summed E-state index contributed by atoms with van der Waals surface area (Å²) in [7, 11) is 0. The molecule has 0 saturated heterocycles. The van der Waals surface area contributed by atoms with Crippen LogP contribution in [-0.2, 0) is 0 Å². The Morgan fingerprint density at radius 2 is 1.89 bits per heavy atom. The second-order valence-electron chi connectivity index (χ2n) is 4.18. The topological polar surface area (TPSA) is 42.0 Å². The first-order chi connectivity index (χ1) is 8.97. The Bertz CT molecular complexity index is 641. The van der Waals surface area contributed by atoms with E-state index in [1.165, 1.54) is 0 Å². The van der Waals surface area contributed by atoms with Gasteiger partial charge in [0, 0.05) is 14.5 Å². The molecule has 1 aromatic carbocycles. The van der Waals surface area contributed by atoms with Crippen molar-refractivity contribution in [3.8, 4) is 0 Å². The predicted octanol–water partition coefficient (Wildman–Crippen LogP) is 4.48. The van der Waals surface area contributed by atoms with Gasteiger partial charge in [0.1, 0.15) is 5.82 Å². The molecule has 0 saturated carbocycles. The first kappa shape index (κ1) is 14.2. The van der Waals surface area contributed by atoms with E-state index in [1.807, 2.05) is 32.0 Å². The highest BCUT2D eigenvalue weighted by molar-refractivity contribution is 9.10. The van der Waals surface area contributed by atoms with Gasteiger partial charge in [-0.2, -0.15) is 0 Å². The summed E-state index contributed by atoms with van der Waals surface area (Å²) in [6, 6.07) is 9.25. The van der Waals surface area contributed by atoms with Crippen LogP contribution in [0.4, 0.5) is 5.82 Å². The minimum Gasteiger partial charge on any atom is -0.307 e. The highest BCUT2D eigenvalue weighted by Crippen LogP contribution is 2.19. The van der Waals surface area contributed by atoms with Gasteiger partial charge >= 0.3 is 0 Å². The Kier molecular flexibility index (Phi) is 4.37. The first-order valence-corrected chi connectivity index (χ1v) is 7.26. The standard InChI is InChI=1S/C14H12Br2N2O/c1-8-3-4-10(15)7-11(8)14(19)18-13-6-5-12(16)9(2)17-13/h3-7H,1-2H3,(H,17,18,19). The third-order valence-corrected chi connectivity index (χ3v) is 4.04. The Labute approximate surface area is 128 Å². The van der Waals surface area contributed by atoms with Gasteiger partial charge in [-0.1, -0.05) is 22.0 Å². The van der Waals surface area contributed by atoms with Crippen molar-refractivity contribution < 1.29 is 4.79 Å². The number of hydrogen-bond acceptors (Lipinski definition) is 2. The minimum atomic E-state index is -0.159. The van der Waals surface area contributed by atoms with Crippen LogP contribution in [0, 0.1) is 13.8 Å². The molecule has 0 aliphatic rings. The van der Waals surface area contributed by atoms with Crippen LogP contribution in [0.2, 0.25) is 0 Å². The Hall–Kier alpha value is -1.20. The van der Waals surface area contributed by atoms with Crippen LogP contribution in [0.3, 0.4) is 0 Å². The number of amides is 1. The zero-order valence-electron chi connectivity index (χ0n) is 10.5. The lowest BCUT2D eigenvalue weighted by Gasteiger charge is -2.08. The zero-order chi connectivity index (χ0) is 14.0. The largest absolute Gasteiger partial charge is 0.307 e. The first-order valence-electron chi connectivity index (χ1n) is 5.68. The molecule has 98 valence electrons. The van der Waals surface area contributed by atoms with E-state index < -0.39 is 0 Å². The Balaban J connectivity index is 2.25. The lowest BCUT2D eigenvalue weighted by atomic mass is 10.1. The third-order valence-electron chi connectivity index (χ3n) is 2.71. The van der Waals surface area contributed by atoms with Crippen molar-refractivity contribution in [3.63, 3.8) is 0 Å². The number of carbonyl (C=O) groups excluding carboxylic acids is 1. The van der Waals surface area contributed by atoms with Crippen LogP contribution < -0.4 is 5.32 Å². The molecule has 5 heteroatoms. The molecular formula is C14H12Br2N2O. The monoisotopic (exact) mass is 382 g/mol. The molecule has 0 aliphatic heterocycles. The molecular weight excluding hydrogens is 372 g/mol. The number of aromatic nitrogens is 1. The number of pyridine rings is 1. The number of anilines is 1. The number of nitrogens with one attached hydrogen (secondary N) is 1. The van der Waals surface area contributed by atoms with Gasteiger partial charge in [0.2, 0.25) is 0 Å². The Morgan fingerprint density at radius 3 is 2.58 bits per heavy atom. The SMILES string of the molecule is Cc1ccc(Br)cc1C(=O)Nc1ccc(Br)c(C)n1. The summed E-state index contributed by atoms with van der Waals surface area (Å²) in [5.41, 5.74) is 2.40. The van der Waals surface area contributed by atoms with E-state index in [9.17, 15) is 4.79 Å². The molecule has 1 N–H and O–H groups in total. The second-order valence-corrected chi connectivity index (χ2v) is 5.95. The molecule has 0 atom stereocenters. The molecule has 0 unspecified atom stereocenters. The van der Waals surface area contributed by atoms with Gasteiger partial charge in [-0.3, -0.25) is 4.79 Å². The van der Waals surface area contributed by atoms with Gasteiger partial charge < -0.3 is 5.32 Å². The van der Waals surface area contributed by atoms with Crippen molar-refractivity contribution in [1.82, 2.24) is 4.98 Å². The summed E-state index contributed by atoms with van der Waals surface area (Å²) in [4.78, 5) is 16.5. The van der Waals surface area contributed by atoms with Gasteiger partial charge in [0.05, 0.1) is 5.69 Å². The minimum absolute atomic E-state index is 0.159. The van der Waals surface area contributed by atoms with E-state index in [1.54, 1.807) is 12.1 Å². The predicted molar refractivity (Wildman–Crippen MR) is 83.5 cm³/mol. The maximum absolute atomic E-state index is 12.2. The van der Waals surface area contributed by atoms with Gasteiger partial charge in [-0.05, 0) is 59.6 Å². The fourth-order valence-electron chi connectivity index (χ4n) is 1.64. The molecule has 1 amide bonds. The van der Waals surface area contributed by atoms with Gasteiger partial charge in [0.15, 0.2) is 0 Å². The van der Waals surface area contributed by atoms with Crippen LogP contribution >= 0.6 is 31.9 Å². The quantitative estimate of drug-likeness (QED) is 0.830. The number of hydrogen-bond donors (Lipinski definition) is 1. The van der Waals surface area contributed by atoms with E-state index in [4.69, 9.17) is 0 Å². The zero-order valence-corrected chi connectivity index (χ0v) is 13.7. The smallest absolute Gasteiger partial charge is 0.257 e. The molecule has 0 radical (unpaired) electrons. The van der Waals surface area contributed by atoms with Gasteiger partial charge in [0.25, 0.3) is 5.91 Å². The van der Waals surface area contributed by atoms with E-state index in [0.29, 0.717) is 11.4 Å². The normalized spacial score (nSPS) is 10.3. The van der Waals surface area contributed by atoms with Crippen LogP contribution in [0.5, 0.6) is 0 Å². The number of halogens is 2. The molecule has 0 spiro atoms. The molecule has 2 aromatic rings. The van der Waals surface area contributed by atoms with Crippen LogP contribution in [-0.4, -0.2) is 10.9 Å². The summed E-state index contributed by atoms with van der Waals surface area (Å²) >= 11 is 6.75. The van der Waals surface area contributed by atoms with E-state index in [-0.39, 0.29) is 5.91 Å². The third kappa shape index (κ3) is 3.42. The summed E-state index contributed by atoms with van der Waals surface area (Å²) < 4.78 is 1.80. The highest BCUT2D eigenvalue weighted by atomic mass is 79.9. The molecule has 1 heterocycles. The van der Waals surface area contributed by atoms with Gasteiger partial charge in [-0.25, -0.2) is 4.98 Å². The van der Waals surface area contributed by atoms with E-state index in [0.717, 1.165) is 20.2 Å². The summed E-state index contributed by atoms with van der Waals surface area (Å²) in [6.07, 6.45) is 0. The maximum Gasteiger partial charge on any atom is 0.257 e. The van der Waals surface area contributed by atoms with Crippen LogP contribution in [0.25, 0.3) is 0 Å². The molecule has 3 nitrogen and oxygen atoms in total. The molecule has 19 heavy (non-hydrogen) atoms. The van der Waals surface area contributed by atoms with Crippen molar-refractivity contribution in [2.75, 3.05) is 5.32 Å². The lowest BCUT2D eigenvalue weighted by Crippen LogP contribution is -2.14. The van der Waals surface area contributed by atoms with Crippen molar-refractivity contribution in [2.45, 2.75) is 13.8 Å². The molecule has 1 aromatic heterocycles. The number of rotatable bonds is 2. The summed E-state index contributed by atoms with van der Waals surface area (Å²) in [5, 5.41) is 2.80. The van der Waals surface area contributed by atoms with Crippen molar-refractivity contribution in [2.24, 2.45) is 0 Å². The van der Waals surface area contributed by atoms with Crippen molar-refractivity contribution in [1.29, 1.82) is 0 Å². The highest BCUT2D eigenvalue weighted by Gasteiger charge is 2.11. The number of nitrogens with zero attached hydrogens (tertiary/aromatic N) is 1. The molecule has 0 bridgehead atoms. The maximum atomic E-state index is 12.2. The number of carbonyl (C=O) groups is 1. The lowest BCUT2D eigenvalue weighted by molar-refractivity contribution is 0.102. The van der Waals surface area contributed by atoms with E-state index in [2.05, 4.69) is 42.2 Å². The Morgan fingerprint density at radius 1 is 1.16 bits per heavy atom. The van der Waals surface area contributed by atoms with E-state index >= 15 is 0 Å². The number of aryl methyl sites for hydroxylation is 2. The fraction of sp³-hybridized carbons (Fsp3) is 0.143. The average molecular weight is 384 g/mol. The summed E-state index contributed by atoms with van der Waals surface area (Å²) in [5.74, 6) is 0.387. The van der Waals surface area contributed by atoms with Gasteiger partial charge in [-0.15, -0.1) is 0 Å².